The van der Waals surface area contributed by atoms with Crippen molar-refractivity contribution in [3.63, 3.8) is 0 Å². The lowest BCUT2D eigenvalue weighted by molar-refractivity contribution is -0.917. The molecule has 4 nitrogen and oxygen atoms in total. The van der Waals surface area contributed by atoms with Crippen LogP contribution in [-0.2, 0) is 11.3 Å². The summed E-state index contributed by atoms with van der Waals surface area (Å²) >= 11 is 0. The van der Waals surface area contributed by atoms with Crippen LogP contribution >= 0.6 is 0 Å². The number of piperazine rings is 1. The Morgan fingerprint density at radius 1 is 1.11 bits per heavy atom. The number of hydrogen-bond donors (Lipinski definition) is 2. The Bertz CT molecular complexity index is 822. The Kier molecular flexibility index (Phi) is 6.70. The average molecular weight is 393 g/mol. The molecule has 2 aromatic carbocycles. The summed E-state index contributed by atoms with van der Waals surface area (Å²) in [5.41, 5.74) is 1.08. The van der Waals surface area contributed by atoms with E-state index in [-0.39, 0.29) is 24.3 Å². The van der Waals surface area contributed by atoms with Crippen molar-refractivity contribution in [2.45, 2.75) is 19.5 Å². The van der Waals surface area contributed by atoms with Gasteiger partial charge in [-0.2, -0.15) is 0 Å². The first kappa shape index (κ1) is 20.4. The van der Waals surface area contributed by atoms with Gasteiger partial charge in [-0.05, 0) is 25.1 Å². The smallest absolute Gasteiger partial charge is 0.278 e. The average Bonchev–Trinajstić information content (AvgIpc) is 2.68. The van der Waals surface area contributed by atoms with Crippen molar-refractivity contribution in [2.75, 3.05) is 32.7 Å². The third-order valence-electron chi connectivity index (χ3n) is 5.32. The summed E-state index contributed by atoms with van der Waals surface area (Å²) in [5.74, 6) is -1.40. The molecule has 0 radical (unpaired) electrons. The van der Waals surface area contributed by atoms with Gasteiger partial charge in [0, 0.05) is 17.2 Å². The molecular weight excluding hydrogens is 367 g/mol. The fraction of sp³-hybridized carbons (Fsp3) is 0.381. The molecule has 1 saturated heterocycles. The van der Waals surface area contributed by atoms with Crippen LogP contribution in [0.5, 0.6) is 0 Å². The van der Waals surface area contributed by atoms with Gasteiger partial charge in [-0.25, -0.2) is 13.2 Å². The van der Waals surface area contributed by atoms with Crippen molar-refractivity contribution in [2.24, 2.45) is 0 Å². The molecule has 1 heterocycles. The summed E-state index contributed by atoms with van der Waals surface area (Å²) in [6.45, 7) is 5.39. The first-order valence-electron chi connectivity index (χ1n) is 9.57. The van der Waals surface area contributed by atoms with E-state index in [1.165, 1.54) is 23.1 Å². The highest BCUT2D eigenvalue weighted by Crippen LogP contribution is 2.14. The van der Waals surface area contributed by atoms with Crippen LogP contribution in [0.25, 0.3) is 0 Å². The van der Waals surface area contributed by atoms with Crippen molar-refractivity contribution in [1.82, 2.24) is 4.90 Å². The molecule has 0 aliphatic carbocycles. The minimum atomic E-state index is -0.611. The first-order chi connectivity index (χ1) is 13.4. The SMILES string of the molecule is C[C@H]([NH2+]CC(=O)N1CC[NH+](Cc2ccccc2F)CC1)c1ccc(F)cc1F. The third-order valence-corrected chi connectivity index (χ3v) is 5.32. The largest absolute Gasteiger partial charge is 0.332 e. The maximum Gasteiger partial charge on any atom is 0.278 e. The molecule has 0 spiro atoms. The van der Waals surface area contributed by atoms with Crippen LogP contribution < -0.4 is 10.2 Å². The lowest BCUT2D eigenvalue weighted by Crippen LogP contribution is -3.13. The van der Waals surface area contributed by atoms with Crippen LogP contribution in [0.4, 0.5) is 13.2 Å². The van der Waals surface area contributed by atoms with Gasteiger partial charge in [0.1, 0.15) is 30.0 Å². The number of nitrogens with two attached hydrogens (primary N) is 1. The highest BCUT2D eigenvalue weighted by Gasteiger charge is 2.26. The number of nitrogens with one attached hydrogen (secondary N) is 1. The molecule has 150 valence electrons. The Balaban J connectivity index is 1.45. The summed E-state index contributed by atoms with van der Waals surface area (Å²) in [7, 11) is 0. The van der Waals surface area contributed by atoms with E-state index < -0.39 is 11.6 Å². The van der Waals surface area contributed by atoms with Crippen LogP contribution in [0.2, 0.25) is 0 Å². The lowest BCUT2D eigenvalue weighted by atomic mass is 10.1. The molecule has 2 aromatic rings. The third kappa shape index (κ3) is 5.11. The van der Waals surface area contributed by atoms with Gasteiger partial charge < -0.3 is 15.1 Å². The molecule has 0 bridgehead atoms. The zero-order valence-corrected chi connectivity index (χ0v) is 15.9. The second kappa shape index (κ2) is 9.21. The molecule has 3 rings (SSSR count). The van der Waals surface area contributed by atoms with E-state index in [1.807, 2.05) is 6.07 Å². The standard InChI is InChI=1S/C21H24F3N3O/c1-15(18-7-6-17(22)12-20(18)24)25-13-21(28)27-10-8-26(9-11-27)14-16-4-2-3-5-19(16)23/h2-7,12,15,25H,8-11,13-14H2,1H3/p+2/t15-/m0/s1. The van der Waals surface area contributed by atoms with Gasteiger partial charge in [0.25, 0.3) is 5.91 Å². The van der Waals surface area contributed by atoms with Gasteiger partial charge in [-0.1, -0.05) is 18.2 Å². The van der Waals surface area contributed by atoms with Gasteiger partial charge in [0.05, 0.1) is 26.2 Å². The molecule has 1 aliphatic rings. The van der Waals surface area contributed by atoms with E-state index in [9.17, 15) is 18.0 Å². The molecule has 0 saturated carbocycles. The Morgan fingerprint density at radius 2 is 1.82 bits per heavy atom. The van der Waals surface area contributed by atoms with Crippen LogP contribution in [0, 0.1) is 17.5 Å². The quantitative estimate of drug-likeness (QED) is 0.744. The zero-order chi connectivity index (χ0) is 20.1. The Morgan fingerprint density at radius 3 is 2.50 bits per heavy atom. The number of hydrogen-bond acceptors (Lipinski definition) is 1. The summed E-state index contributed by atoms with van der Waals surface area (Å²) in [4.78, 5) is 15.5. The highest BCUT2D eigenvalue weighted by molar-refractivity contribution is 5.77. The van der Waals surface area contributed by atoms with Crippen molar-refractivity contribution >= 4 is 5.91 Å². The summed E-state index contributed by atoms with van der Waals surface area (Å²) in [6.07, 6.45) is 0. The number of amides is 1. The van der Waals surface area contributed by atoms with Gasteiger partial charge in [0.15, 0.2) is 6.54 Å². The normalized spacial score (nSPS) is 16.2. The van der Waals surface area contributed by atoms with Crippen molar-refractivity contribution in [3.8, 4) is 0 Å². The minimum absolute atomic E-state index is 0.000637. The highest BCUT2D eigenvalue weighted by atomic mass is 19.1. The van der Waals surface area contributed by atoms with Crippen molar-refractivity contribution in [1.29, 1.82) is 0 Å². The summed E-state index contributed by atoms with van der Waals surface area (Å²) in [6, 6.07) is 10.00. The van der Waals surface area contributed by atoms with E-state index in [2.05, 4.69) is 0 Å². The molecule has 1 atom stereocenters. The number of quaternary nitrogens is 2. The van der Waals surface area contributed by atoms with Crippen LogP contribution in [0.3, 0.4) is 0 Å². The van der Waals surface area contributed by atoms with Gasteiger partial charge >= 0.3 is 0 Å². The monoisotopic (exact) mass is 393 g/mol. The second-order valence-corrected chi connectivity index (χ2v) is 7.29. The van der Waals surface area contributed by atoms with Gasteiger partial charge in [0.2, 0.25) is 0 Å². The molecule has 28 heavy (non-hydrogen) atoms. The zero-order valence-electron chi connectivity index (χ0n) is 15.9. The van der Waals surface area contributed by atoms with E-state index in [1.54, 1.807) is 29.3 Å². The summed E-state index contributed by atoms with van der Waals surface area (Å²) in [5, 5.41) is 1.76. The van der Waals surface area contributed by atoms with Crippen LogP contribution in [0.15, 0.2) is 42.5 Å². The van der Waals surface area contributed by atoms with E-state index in [0.29, 0.717) is 30.8 Å². The van der Waals surface area contributed by atoms with E-state index in [0.717, 1.165) is 19.2 Å². The molecular formula is C21H26F3N3O+2. The second-order valence-electron chi connectivity index (χ2n) is 7.29. The Hall–Kier alpha value is -2.38. The van der Waals surface area contributed by atoms with Crippen molar-refractivity contribution in [3.05, 3.63) is 71.0 Å². The maximum atomic E-state index is 13.8. The van der Waals surface area contributed by atoms with Crippen LogP contribution in [-0.4, -0.2) is 43.5 Å². The molecule has 1 amide bonds. The fourth-order valence-electron chi connectivity index (χ4n) is 3.56. The number of benzene rings is 2. The van der Waals surface area contributed by atoms with E-state index >= 15 is 0 Å². The Labute approximate surface area is 162 Å². The van der Waals surface area contributed by atoms with Gasteiger partial charge in [-0.3, -0.25) is 4.79 Å². The lowest BCUT2D eigenvalue weighted by Gasteiger charge is -2.32. The fourth-order valence-corrected chi connectivity index (χ4v) is 3.56. The number of carbonyl (C=O) groups excluding carboxylic acids is 1. The molecule has 3 N–H and O–H groups in total. The predicted octanol–water partition coefficient (Wildman–Crippen LogP) is 0.656. The number of carbonyl (C=O) groups is 1. The maximum absolute atomic E-state index is 13.8. The summed E-state index contributed by atoms with van der Waals surface area (Å²) < 4.78 is 40.7. The molecule has 1 aliphatic heterocycles. The van der Waals surface area contributed by atoms with E-state index in [4.69, 9.17) is 0 Å². The molecule has 0 aromatic heterocycles. The van der Waals surface area contributed by atoms with Crippen LogP contribution in [0.1, 0.15) is 24.1 Å². The molecule has 0 unspecified atom stereocenters. The van der Waals surface area contributed by atoms with Crippen molar-refractivity contribution < 1.29 is 28.2 Å². The number of halogens is 3. The first-order valence-corrected chi connectivity index (χ1v) is 9.57. The molecule has 7 heteroatoms. The molecule has 1 fully saturated rings. The number of rotatable bonds is 6. The predicted molar refractivity (Wildman–Crippen MR) is 98.9 cm³/mol. The minimum Gasteiger partial charge on any atom is -0.332 e. The van der Waals surface area contributed by atoms with Gasteiger partial charge in [-0.15, -0.1) is 0 Å². The topological polar surface area (TPSA) is 41.4 Å². The number of nitrogens with zero attached hydrogens (tertiary/aromatic N) is 1.